The van der Waals surface area contributed by atoms with Gasteiger partial charge in [-0.25, -0.2) is 8.78 Å². The molecular formula is C23H24F2N4O3. The number of nitrogens with zero attached hydrogens (tertiary/aromatic N) is 1. The summed E-state index contributed by atoms with van der Waals surface area (Å²) in [6.45, 7) is 2.36. The Morgan fingerprint density at radius 2 is 2.06 bits per heavy atom. The average molecular weight is 442 g/mol. The number of methoxy groups -OCH3 is 2. The maximum Gasteiger partial charge on any atom is 0.255 e. The second-order valence-corrected chi connectivity index (χ2v) is 7.65. The van der Waals surface area contributed by atoms with Crippen LogP contribution in [0.5, 0.6) is 5.75 Å². The fraction of sp³-hybridized carbons (Fsp3) is 0.304. The van der Waals surface area contributed by atoms with E-state index in [1.807, 2.05) is 6.92 Å². The average Bonchev–Trinajstić information content (AvgIpc) is 3.16. The molecule has 1 aliphatic heterocycles. The van der Waals surface area contributed by atoms with Crippen molar-refractivity contribution in [1.82, 2.24) is 15.3 Å². The van der Waals surface area contributed by atoms with E-state index in [-0.39, 0.29) is 29.2 Å². The molecule has 2 aromatic heterocycles. The van der Waals surface area contributed by atoms with E-state index in [1.165, 1.54) is 31.5 Å². The SMILES string of the molecule is COc1c(F)cccc1Nc1c(-c2ccncc2F)[nH]c2c1C(=O)NC[C@H]2C[C@H](C)OC. The summed E-state index contributed by atoms with van der Waals surface area (Å²) < 4.78 is 39.6. The Kier molecular flexibility index (Phi) is 6.09. The summed E-state index contributed by atoms with van der Waals surface area (Å²) >= 11 is 0. The number of fused-ring (bicyclic) bond motifs is 1. The van der Waals surface area contributed by atoms with Crippen molar-refractivity contribution < 1.29 is 23.0 Å². The summed E-state index contributed by atoms with van der Waals surface area (Å²) in [6, 6.07) is 5.94. The summed E-state index contributed by atoms with van der Waals surface area (Å²) in [5.74, 6) is -1.51. The molecule has 0 saturated heterocycles. The number of rotatable bonds is 7. The van der Waals surface area contributed by atoms with Gasteiger partial charge in [-0.05, 0) is 31.5 Å². The van der Waals surface area contributed by atoms with Crippen molar-refractivity contribution in [1.29, 1.82) is 0 Å². The van der Waals surface area contributed by atoms with Crippen LogP contribution in [0.2, 0.25) is 0 Å². The number of aromatic amines is 1. The molecule has 0 unspecified atom stereocenters. The topological polar surface area (TPSA) is 88.3 Å². The first-order valence-electron chi connectivity index (χ1n) is 10.2. The minimum atomic E-state index is -0.560. The molecular weight excluding hydrogens is 418 g/mol. The molecule has 168 valence electrons. The first kappa shape index (κ1) is 21.8. The number of halogens is 2. The molecule has 9 heteroatoms. The van der Waals surface area contributed by atoms with Crippen LogP contribution >= 0.6 is 0 Å². The zero-order valence-electron chi connectivity index (χ0n) is 18.0. The van der Waals surface area contributed by atoms with Gasteiger partial charge in [-0.1, -0.05) is 6.07 Å². The summed E-state index contributed by atoms with van der Waals surface area (Å²) in [5.41, 5.74) is 2.27. The van der Waals surface area contributed by atoms with Crippen LogP contribution in [-0.2, 0) is 4.74 Å². The largest absolute Gasteiger partial charge is 0.492 e. The van der Waals surface area contributed by atoms with E-state index >= 15 is 0 Å². The molecule has 0 radical (unpaired) electrons. The number of carbonyl (C=O) groups excluding carboxylic acids is 1. The molecule has 0 saturated carbocycles. The molecule has 3 heterocycles. The van der Waals surface area contributed by atoms with Crippen LogP contribution in [0, 0.1) is 11.6 Å². The first-order valence-corrected chi connectivity index (χ1v) is 10.2. The van der Waals surface area contributed by atoms with E-state index in [4.69, 9.17) is 9.47 Å². The summed E-state index contributed by atoms with van der Waals surface area (Å²) in [4.78, 5) is 20.0. The molecule has 0 spiro atoms. The van der Waals surface area contributed by atoms with Gasteiger partial charge in [-0.15, -0.1) is 0 Å². The highest BCUT2D eigenvalue weighted by molar-refractivity contribution is 6.06. The predicted molar refractivity (Wildman–Crippen MR) is 116 cm³/mol. The number of benzene rings is 1. The standard InChI is InChI=1S/C23H24F2N4O3/c1-12(31-2)9-13-10-27-23(30)18-19(13)29-20(14-7-8-26-11-16(14)25)21(18)28-17-6-4-5-15(24)22(17)32-3/h4-8,11-13,28-29H,9-10H2,1-3H3,(H,27,30)/t12-,13+/m0/s1. The van der Waals surface area contributed by atoms with Gasteiger partial charge in [0.05, 0.1) is 42.0 Å². The van der Waals surface area contributed by atoms with Gasteiger partial charge in [0.2, 0.25) is 0 Å². The highest BCUT2D eigenvalue weighted by atomic mass is 19.1. The molecule has 7 nitrogen and oxygen atoms in total. The lowest BCUT2D eigenvalue weighted by Crippen LogP contribution is -2.36. The zero-order valence-corrected chi connectivity index (χ0v) is 18.0. The van der Waals surface area contributed by atoms with Crippen LogP contribution in [0.25, 0.3) is 11.3 Å². The van der Waals surface area contributed by atoms with E-state index in [0.717, 1.165) is 6.20 Å². The number of H-pyrrole nitrogens is 1. The third kappa shape index (κ3) is 3.91. The summed E-state index contributed by atoms with van der Waals surface area (Å²) in [7, 11) is 2.98. The van der Waals surface area contributed by atoms with Crippen molar-refractivity contribution in [3.8, 4) is 17.0 Å². The van der Waals surface area contributed by atoms with Crippen molar-refractivity contribution in [2.24, 2.45) is 0 Å². The number of hydrogen-bond acceptors (Lipinski definition) is 5. The molecule has 2 atom stereocenters. The van der Waals surface area contributed by atoms with Gasteiger partial charge in [-0.3, -0.25) is 9.78 Å². The highest BCUT2D eigenvalue weighted by Crippen LogP contribution is 2.42. The molecule has 1 aromatic carbocycles. The second kappa shape index (κ2) is 8.96. The number of ether oxygens (including phenoxy) is 2. The van der Waals surface area contributed by atoms with Crippen LogP contribution in [0.3, 0.4) is 0 Å². The minimum absolute atomic E-state index is 0.00984. The smallest absolute Gasteiger partial charge is 0.255 e. The Morgan fingerprint density at radius 3 is 2.78 bits per heavy atom. The van der Waals surface area contributed by atoms with Crippen LogP contribution in [-0.4, -0.2) is 42.7 Å². The lowest BCUT2D eigenvalue weighted by Gasteiger charge is -2.25. The van der Waals surface area contributed by atoms with E-state index in [2.05, 4.69) is 20.6 Å². The molecule has 0 bridgehead atoms. The lowest BCUT2D eigenvalue weighted by atomic mass is 9.91. The number of hydrogen-bond donors (Lipinski definition) is 3. The minimum Gasteiger partial charge on any atom is -0.492 e. The summed E-state index contributed by atoms with van der Waals surface area (Å²) in [6.07, 6.45) is 3.17. The van der Waals surface area contributed by atoms with E-state index < -0.39 is 11.6 Å². The lowest BCUT2D eigenvalue weighted by molar-refractivity contribution is 0.0893. The van der Waals surface area contributed by atoms with Crippen molar-refractivity contribution >= 4 is 17.3 Å². The number of anilines is 2. The Balaban J connectivity index is 1.91. The number of para-hydroxylation sites is 1. The normalized spacial score (nSPS) is 16.3. The van der Waals surface area contributed by atoms with Gasteiger partial charge in [0.25, 0.3) is 5.91 Å². The van der Waals surface area contributed by atoms with E-state index in [1.54, 1.807) is 13.2 Å². The first-order chi connectivity index (χ1) is 15.4. The molecule has 32 heavy (non-hydrogen) atoms. The number of pyridine rings is 1. The van der Waals surface area contributed by atoms with Gasteiger partial charge in [-0.2, -0.15) is 0 Å². The van der Waals surface area contributed by atoms with E-state index in [0.29, 0.717) is 41.3 Å². The monoisotopic (exact) mass is 442 g/mol. The fourth-order valence-corrected chi connectivity index (χ4v) is 4.02. The highest BCUT2D eigenvalue weighted by Gasteiger charge is 2.34. The van der Waals surface area contributed by atoms with Crippen LogP contribution in [0.15, 0.2) is 36.7 Å². The number of aromatic nitrogens is 2. The molecule has 3 N–H and O–H groups in total. The molecule has 4 rings (SSSR count). The number of nitrogens with one attached hydrogen (secondary N) is 3. The maximum atomic E-state index is 14.7. The number of carbonyl (C=O) groups is 1. The zero-order chi connectivity index (χ0) is 22.8. The Bertz CT molecular complexity index is 1150. The fourth-order valence-electron chi connectivity index (χ4n) is 4.02. The van der Waals surface area contributed by atoms with Crippen LogP contribution in [0.1, 0.15) is 35.3 Å². The van der Waals surface area contributed by atoms with Gasteiger partial charge < -0.3 is 25.1 Å². The summed E-state index contributed by atoms with van der Waals surface area (Å²) in [5, 5.41) is 6.01. The molecule has 3 aromatic rings. The molecule has 1 amide bonds. The Labute approximate surface area is 184 Å². The molecule has 1 aliphatic rings. The van der Waals surface area contributed by atoms with Crippen molar-refractivity contribution in [2.75, 3.05) is 26.1 Å². The van der Waals surface area contributed by atoms with Crippen molar-refractivity contribution in [2.45, 2.75) is 25.4 Å². The molecule has 0 fully saturated rings. The van der Waals surface area contributed by atoms with Gasteiger partial charge in [0.15, 0.2) is 17.4 Å². The third-order valence-electron chi connectivity index (χ3n) is 5.66. The Morgan fingerprint density at radius 1 is 1.25 bits per heavy atom. The van der Waals surface area contributed by atoms with Crippen molar-refractivity contribution in [3.05, 3.63) is 59.6 Å². The number of amides is 1. The van der Waals surface area contributed by atoms with Gasteiger partial charge in [0.1, 0.15) is 0 Å². The third-order valence-corrected chi connectivity index (χ3v) is 5.66. The maximum absolute atomic E-state index is 14.7. The second-order valence-electron chi connectivity index (χ2n) is 7.65. The Hall–Kier alpha value is -3.46. The van der Waals surface area contributed by atoms with Gasteiger partial charge in [0, 0.05) is 37.0 Å². The van der Waals surface area contributed by atoms with Crippen LogP contribution < -0.4 is 15.4 Å². The quantitative estimate of drug-likeness (QED) is 0.506. The molecule has 0 aliphatic carbocycles. The van der Waals surface area contributed by atoms with Crippen LogP contribution in [0.4, 0.5) is 20.2 Å². The predicted octanol–water partition coefficient (Wildman–Crippen LogP) is 4.36. The van der Waals surface area contributed by atoms with Gasteiger partial charge >= 0.3 is 0 Å². The van der Waals surface area contributed by atoms with Crippen molar-refractivity contribution in [3.63, 3.8) is 0 Å². The van der Waals surface area contributed by atoms with E-state index in [9.17, 15) is 13.6 Å².